The Labute approximate surface area is 178 Å². The van der Waals surface area contributed by atoms with Crippen molar-refractivity contribution in [2.75, 3.05) is 13.1 Å². The third-order valence-corrected chi connectivity index (χ3v) is 5.28. The van der Waals surface area contributed by atoms with Gasteiger partial charge in [0.05, 0.1) is 17.4 Å². The van der Waals surface area contributed by atoms with Crippen LogP contribution in [0.5, 0.6) is 0 Å². The van der Waals surface area contributed by atoms with Gasteiger partial charge in [-0.25, -0.2) is 4.98 Å². The van der Waals surface area contributed by atoms with Gasteiger partial charge in [-0.2, -0.15) is 13.2 Å². The lowest BCUT2D eigenvalue weighted by atomic mass is 10.0. The quantitative estimate of drug-likeness (QED) is 0.339. The number of alkyl halides is 3. The van der Waals surface area contributed by atoms with E-state index in [9.17, 15) is 22.8 Å². The highest BCUT2D eigenvalue weighted by molar-refractivity contribution is 6.33. The summed E-state index contributed by atoms with van der Waals surface area (Å²) in [5.41, 5.74) is -1.59. The molecule has 3 heterocycles. The van der Waals surface area contributed by atoms with Gasteiger partial charge in [0.1, 0.15) is 11.4 Å². The third-order valence-electron chi connectivity index (χ3n) is 4.92. The van der Waals surface area contributed by atoms with Crippen LogP contribution in [0.3, 0.4) is 0 Å². The van der Waals surface area contributed by atoms with E-state index in [1.165, 1.54) is 11.1 Å². The molecule has 1 atom stereocenters. The van der Waals surface area contributed by atoms with E-state index < -0.39 is 40.8 Å². The highest BCUT2D eigenvalue weighted by atomic mass is 35.5. The predicted molar refractivity (Wildman–Crippen MR) is 108 cm³/mol. The number of fused-ring (bicyclic) bond motifs is 1. The number of amides is 1. The van der Waals surface area contributed by atoms with Crippen molar-refractivity contribution in [3.8, 4) is 0 Å². The van der Waals surface area contributed by atoms with Crippen LogP contribution in [-0.4, -0.2) is 58.2 Å². The molecule has 0 aliphatic carbocycles. The zero-order valence-electron chi connectivity index (χ0n) is 15.8. The van der Waals surface area contributed by atoms with Crippen molar-refractivity contribution in [3.05, 3.63) is 45.9 Å². The summed E-state index contributed by atoms with van der Waals surface area (Å²) in [6, 6.07) is 0.780. The number of rotatable bonds is 7. The summed E-state index contributed by atoms with van der Waals surface area (Å²) in [6.45, 7) is 0.112. The number of pyridine rings is 1. The van der Waals surface area contributed by atoms with Crippen molar-refractivity contribution in [1.82, 2.24) is 14.3 Å². The topological polar surface area (TPSA) is 126 Å². The summed E-state index contributed by atoms with van der Waals surface area (Å²) in [6.07, 6.45) is 1.12. The van der Waals surface area contributed by atoms with Crippen molar-refractivity contribution in [3.63, 3.8) is 0 Å². The first-order valence-electron chi connectivity index (χ1n) is 8.90. The standard InChI is InChI=1S/C19H16ClF3N6O2/c20-16-15(18(31)28-2-1-10(7-28)13(6-26)9-30)27-17-14(19(21,22)23)3-11(8-29(16)17)12(4-24)5-25/h1,3-6,8-9,12-13,24-26H,2,7H2. The molecule has 0 saturated carbocycles. The highest BCUT2D eigenvalue weighted by Gasteiger charge is 2.37. The number of halogens is 4. The van der Waals surface area contributed by atoms with Gasteiger partial charge in [-0.15, -0.1) is 0 Å². The Hall–Kier alpha value is -3.34. The molecule has 0 radical (unpaired) electrons. The lowest BCUT2D eigenvalue weighted by Gasteiger charge is -2.16. The Bertz CT molecular complexity index is 1110. The molecule has 0 bridgehead atoms. The van der Waals surface area contributed by atoms with Gasteiger partial charge in [0, 0.05) is 37.9 Å². The van der Waals surface area contributed by atoms with E-state index in [1.807, 2.05) is 0 Å². The Morgan fingerprint density at radius 2 is 1.84 bits per heavy atom. The Morgan fingerprint density at radius 1 is 1.19 bits per heavy atom. The van der Waals surface area contributed by atoms with E-state index in [2.05, 4.69) is 4.98 Å². The van der Waals surface area contributed by atoms with Crippen LogP contribution < -0.4 is 0 Å². The molecule has 0 fully saturated rings. The Balaban J connectivity index is 2.07. The van der Waals surface area contributed by atoms with Crippen LogP contribution in [0.2, 0.25) is 5.15 Å². The van der Waals surface area contributed by atoms with E-state index in [0.717, 1.165) is 29.1 Å². The Kier molecular flexibility index (Phi) is 6.07. The number of aromatic nitrogens is 2. The molecule has 0 saturated heterocycles. The minimum Gasteiger partial charge on any atom is -0.329 e. The second-order valence-corrected chi connectivity index (χ2v) is 7.14. The zero-order chi connectivity index (χ0) is 22.9. The van der Waals surface area contributed by atoms with Crippen LogP contribution in [-0.2, 0) is 11.0 Å². The second kappa shape index (κ2) is 8.42. The monoisotopic (exact) mass is 452 g/mol. The van der Waals surface area contributed by atoms with Crippen LogP contribution in [0.1, 0.15) is 27.5 Å². The molecule has 1 aliphatic rings. The van der Waals surface area contributed by atoms with E-state index in [4.69, 9.17) is 27.8 Å². The van der Waals surface area contributed by atoms with Crippen molar-refractivity contribution in [2.45, 2.75) is 12.1 Å². The first-order chi connectivity index (χ1) is 14.7. The SMILES string of the molecule is N=CC(C=O)C1=CCN(C(=O)c2nc3c(C(F)(F)F)cc(C(C=N)C=N)cn3c2Cl)C1. The third kappa shape index (κ3) is 4.00. The van der Waals surface area contributed by atoms with Crippen molar-refractivity contribution < 1.29 is 22.8 Å². The number of nitrogens with zero attached hydrogens (tertiary/aromatic N) is 3. The Morgan fingerprint density at radius 3 is 2.39 bits per heavy atom. The predicted octanol–water partition coefficient (Wildman–Crippen LogP) is 3.24. The van der Waals surface area contributed by atoms with Crippen LogP contribution in [0.4, 0.5) is 13.2 Å². The van der Waals surface area contributed by atoms with Crippen LogP contribution >= 0.6 is 11.6 Å². The van der Waals surface area contributed by atoms with E-state index in [-0.39, 0.29) is 23.8 Å². The maximum absolute atomic E-state index is 13.7. The molecule has 12 heteroatoms. The summed E-state index contributed by atoms with van der Waals surface area (Å²) >= 11 is 6.23. The van der Waals surface area contributed by atoms with Crippen molar-refractivity contribution in [1.29, 1.82) is 16.2 Å². The van der Waals surface area contributed by atoms with Gasteiger partial charge >= 0.3 is 6.18 Å². The molecular weight excluding hydrogens is 437 g/mol. The molecule has 0 aromatic carbocycles. The normalized spacial score (nSPS) is 16.0. The molecule has 1 amide bonds. The lowest BCUT2D eigenvalue weighted by molar-refractivity contribution is -0.136. The largest absolute Gasteiger partial charge is 0.419 e. The number of carbonyl (C=O) groups is 2. The van der Waals surface area contributed by atoms with Crippen molar-refractivity contribution in [2.24, 2.45) is 5.92 Å². The van der Waals surface area contributed by atoms with Gasteiger partial charge in [-0.1, -0.05) is 17.7 Å². The number of aldehydes is 1. The first-order valence-corrected chi connectivity index (χ1v) is 9.28. The van der Waals surface area contributed by atoms with Gasteiger partial charge < -0.3 is 25.9 Å². The second-order valence-electron chi connectivity index (χ2n) is 6.78. The summed E-state index contributed by atoms with van der Waals surface area (Å²) in [4.78, 5) is 29.1. The van der Waals surface area contributed by atoms with Crippen LogP contribution in [0.15, 0.2) is 23.9 Å². The van der Waals surface area contributed by atoms with E-state index >= 15 is 0 Å². The highest BCUT2D eigenvalue weighted by Crippen LogP contribution is 2.36. The molecule has 8 nitrogen and oxygen atoms in total. The molecule has 162 valence electrons. The molecule has 1 aliphatic heterocycles. The number of hydrogen-bond donors (Lipinski definition) is 3. The molecule has 0 spiro atoms. The molecule has 2 aromatic heterocycles. The van der Waals surface area contributed by atoms with Gasteiger partial charge in [0.2, 0.25) is 0 Å². The number of nitrogens with one attached hydrogen (secondary N) is 3. The fourth-order valence-corrected chi connectivity index (χ4v) is 3.51. The summed E-state index contributed by atoms with van der Waals surface area (Å²) in [5.74, 6) is -2.51. The van der Waals surface area contributed by atoms with Crippen LogP contribution in [0.25, 0.3) is 5.65 Å². The van der Waals surface area contributed by atoms with Crippen molar-refractivity contribution >= 4 is 48.1 Å². The number of hydrogen-bond acceptors (Lipinski definition) is 6. The van der Waals surface area contributed by atoms with E-state index in [0.29, 0.717) is 11.9 Å². The number of carbonyl (C=O) groups excluding carboxylic acids is 2. The fourth-order valence-electron chi connectivity index (χ4n) is 3.26. The average Bonchev–Trinajstić information content (AvgIpc) is 3.34. The van der Waals surface area contributed by atoms with Crippen LogP contribution in [0, 0.1) is 22.1 Å². The average molecular weight is 453 g/mol. The fraction of sp³-hybridized carbons (Fsp3) is 0.263. The molecule has 31 heavy (non-hydrogen) atoms. The molecular formula is C19H16ClF3N6O2. The summed E-state index contributed by atoms with van der Waals surface area (Å²) in [5, 5.41) is 21.6. The zero-order valence-corrected chi connectivity index (χ0v) is 16.5. The van der Waals surface area contributed by atoms with Gasteiger partial charge in [0.25, 0.3) is 5.91 Å². The smallest absolute Gasteiger partial charge is 0.329 e. The summed E-state index contributed by atoms with van der Waals surface area (Å²) in [7, 11) is 0. The van der Waals surface area contributed by atoms with E-state index in [1.54, 1.807) is 6.08 Å². The minimum absolute atomic E-state index is 0.00643. The number of imidazole rings is 1. The van der Waals surface area contributed by atoms with Gasteiger partial charge in [-0.05, 0) is 17.2 Å². The lowest BCUT2D eigenvalue weighted by Crippen LogP contribution is -2.30. The maximum Gasteiger partial charge on any atom is 0.419 e. The minimum atomic E-state index is -4.82. The molecule has 1 unspecified atom stereocenters. The van der Waals surface area contributed by atoms with Gasteiger partial charge in [0.15, 0.2) is 11.3 Å². The molecule has 2 aromatic rings. The molecule has 3 rings (SSSR count). The summed E-state index contributed by atoms with van der Waals surface area (Å²) < 4.78 is 41.9. The maximum atomic E-state index is 13.7. The first kappa shape index (κ1) is 22.3. The van der Waals surface area contributed by atoms with Gasteiger partial charge in [-0.3, -0.25) is 9.20 Å². The molecule has 3 N–H and O–H groups in total.